The third-order valence-electron chi connectivity index (χ3n) is 3.55. The van der Waals surface area contributed by atoms with E-state index in [1.807, 2.05) is 30.3 Å². The minimum absolute atomic E-state index is 0.122. The molecule has 1 heterocycles. The number of phenolic OH excluding ortho intramolecular Hbond substituents is 1. The van der Waals surface area contributed by atoms with Gasteiger partial charge in [-0.1, -0.05) is 41.9 Å². The Bertz CT molecular complexity index is 954. The van der Waals surface area contributed by atoms with E-state index >= 15 is 0 Å². The van der Waals surface area contributed by atoms with E-state index in [2.05, 4.69) is 20.7 Å². The zero-order chi connectivity index (χ0) is 18.5. The number of carbonyl (C=O) groups excluding carboxylic acids is 1. The minimum atomic E-state index is -0.468. The Morgan fingerprint density at radius 2 is 2.08 bits per heavy atom. The van der Waals surface area contributed by atoms with Gasteiger partial charge in [0.2, 0.25) is 0 Å². The van der Waals surface area contributed by atoms with Gasteiger partial charge in [-0.25, -0.2) is 5.43 Å². The van der Waals surface area contributed by atoms with Crippen molar-refractivity contribution in [2.75, 3.05) is 7.11 Å². The number of rotatable bonds is 5. The normalized spacial score (nSPS) is 10.8. The highest BCUT2D eigenvalue weighted by atomic mass is 35.5. The first-order valence-corrected chi connectivity index (χ1v) is 7.97. The van der Waals surface area contributed by atoms with E-state index in [1.54, 1.807) is 6.07 Å². The van der Waals surface area contributed by atoms with Crippen LogP contribution in [0.4, 0.5) is 0 Å². The van der Waals surface area contributed by atoms with E-state index in [-0.39, 0.29) is 17.2 Å². The molecule has 3 aromatic rings. The number of benzene rings is 2. The zero-order valence-corrected chi connectivity index (χ0v) is 14.5. The maximum absolute atomic E-state index is 12.1. The van der Waals surface area contributed by atoms with Crippen molar-refractivity contribution in [3.8, 4) is 22.8 Å². The number of aromatic hydroxyl groups is 1. The Morgan fingerprint density at radius 1 is 1.31 bits per heavy atom. The number of phenols is 1. The van der Waals surface area contributed by atoms with E-state index in [4.69, 9.17) is 16.3 Å². The number of aromatic nitrogens is 2. The van der Waals surface area contributed by atoms with Crippen LogP contribution in [0.1, 0.15) is 16.1 Å². The van der Waals surface area contributed by atoms with Crippen LogP contribution in [0.3, 0.4) is 0 Å². The third-order valence-corrected chi connectivity index (χ3v) is 3.77. The molecule has 0 unspecified atom stereocenters. The second kappa shape index (κ2) is 7.71. The summed E-state index contributed by atoms with van der Waals surface area (Å²) in [5, 5.41) is 21.0. The van der Waals surface area contributed by atoms with Gasteiger partial charge in [0, 0.05) is 22.2 Å². The number of hydrogen-bond acceptors (Lipinski definition) is 5. The standard InChI is InChI=1S/C18H15ClN4O3/c1-26-16-8-13(19)7-12(17(16)24)10-20-23-18(25)15-9-14(21-22-15)11-5-3-2-4-6-11/h2-10,24H,1H3,(H,21,22)(H,23,25)/b20-10+. The molecule has 0 aliphatic carbocycles. The molecule has 0 saturated heterocycles. The summed E-state index contributed by atoms with van der Waals surface area (Å²) in [6.45, 7) is 0. The second-order valence-corrected chi connectivity index (χ2v) is 5.71. The summed E-state index contributed by atoms with van der Waals surface area (Å²) in [5.41, 5.74) is 4.47. The van der Waals surface area contributed by atoms with Gasteiger partial charge in [0.1, 0.15) is 5.69 Å². The lowest BCUT2D eigenvalue weighted by molar-refractivity contribution is 0.0950. The number of carbonyl (C=O) groups is 1. The largest absolute Gasteiger partial charge is 0.504 e. The van der Waals surface area contributed by atoms with E-state index in [0.717, 1.165) is 5.56 Å². The average Bonchev–Trinajstić information content (AvgIpc) is 3.15. The molecule has 8 heteroatoms. The van der Waals surface area contributed by atoms with E-state index < -0.39 is 5.91 Å². The second-order valence-electron chi connectivity index (χ2n) is 5.28. The predicted octanol–water partition coefficient (Wildman–Crippen LogP) is 3.21. The first-order chi connectivity index (χ1) is 12.6. The van der Waals surface area contributed by atoms with Gasteiger partial charge >= 0.3 is 0 Å². The summed E-state index contributed by atoms with van der Waals surface area (Å²) in [6.07, 6.45) is 1.27. The summed E-state index contributed by atoms with van der Waals surface area (Å²) in [6, 6.07) is 14.1. The Labute approximate surface area is 154 Å². The SMILES string of the molecule is COc1cc(Cl)cc(/C=N/NC(=O)c2cc(-c3ccccc3)n[nH]2)c1O. The highest BCUT2D eigenvalue weighted by Crippen LogP contribution is 2.32. The van der Waals surface area contributed by atoms with Crippen LogP contribution in [0.5, 0.6) is 11.5 Å². The van der Waals surface area contributed by atoms with Gasteiger partial charge in [0.05, 0.1) is 19.0 Å². The summed E-state index contributed by atoms with van der Waals surface area (Å²) >= 11 is 5.95. The zero-order valence-electron chi connectivity index (χ0n) is 13.7. The van der Waals surface area contributed by atoms with Crippen molar-refractivity contribution < 1.29 is 14.6 Å². The molecule has 0 radical (unpaired) electrons. The fraction of sp³-hybridized carbons (Fsp3) is 0.0556. The Hall–Kier alpha value is -3.32. The van der Waals surface area contributed by atoms with Crippen LogP contribution in [-0.4, -0.2) is 34.5 Å². The van der Waals surface area contributed by atoms with Crippen molar-refractivity contribution in [2.45, 2.75) is 0 Å². The number of halogens is 1. The number of ether oxygens (including phenoxy) is 1. The molecule has 26 heavy (non-hydrogen) atoms. The van der Waals surface area contributed by atoms with Crippen molar-refractivity contribution in [3.05, 3.63) is 64.8 Å². The fourth-order valence-corrected chi connectivity index (χ4v) is 2.48. The van der Waals surface area contributed by atoms with Crippen molar-refractivity contribution >= 4 is 23.7 Å². The molecule has 0 atom stereocenters. The molecule has 0 spiro atoms. The van der Waals surface area contributed by atoms with E-state index in [1.165, 1.54) is 25.5 Å². The molecule has 2 aromatic carbocycles. The summed E-state index contributed by atoms with van der Waals surface area (Å²) in [5.74, 6) is -0.376. The van der Waals surface area contributed by atoms with Crippen LogP contribution < -0.4 is 10.2 Å². The molecule has 1 aromatic heterocycles. The van der Waals surface area contributed by atoms with Crippen molar-refractivity contribution in [1.82, 2.24) is 15.6 Å². The molecule has 0 bridgehead atoms. The van der Waals surface area contributed by atoms with Gasteiger partial charge in [-0.3, -0.25) is 9.89 Å². The number of nitrogens with one attached hydrogen (secondary N) is 2. The number of aromatic amines is 1. The predicted molar refractivity (Wildman–Crippen MR) is 98.8 cm³/mol. The molecule has 7 nitrogen and oxygen atoms in total. The fourth-order valence-electron chi connectivity index (χ4n) is 2.26. The van der Waals surface area contributed by atoms with Crippen molar-refractivity contribution in [2.24, 2.45) is 5.10 Å². The third kappa shape index (κ3) is 3.84. The summed E-state index contributed by atoms with van der Waals surface area (Å²) < 4.78 is 5.01. The van der Waals surface area contributed by atoms with Gasteiger partial charge in [0.25, 0.3) is 5.91 Å². The molecular weight excluding hydrogens is 356 g/mol. The first-order valence-electron chi connectivity index (χ1n) is 7.59. The minimum Gasteiger partial charge on any atom is -0.504 e. The van der Waals surface area contributed by atoms with Gasteiger partial charge < -0.3 is 9.84 Å². The molecule has 3 rings (SSSR count). The van der Waals surface area contributed by atoms with Gasteiger partial charge in [0.15, 0.2) is 11.5 Å². The molecule has 1 amide bonds. The quantitative estimate of drug-likeness (QED) is 0.474. The number of amides is 1. The van der Waals surface area contributed by atoms with Gasteiger partial charge in [-0.15, -0.1) is 0 Å². The summed E-state index contributed by atoms with van der Waals surface area (Å²) in [4.78, 5) is 12.1. The first kappa shape index (κ1) is 17.5. The number of hydrogen-bond donors (Lipinski definition) is 3. The Balaban J connectivity index is 1.71. The topological polar surface area (TPSA) is 99.6 Å². The Morgan fingerprint density at radius 3 is 2.81 bits per heavy atom. The van der Waals surface area contributed by atoms with Crippen LogP contribution in [-0.2, 0) is 0 Å². The van der Waals surface area contributed by atoms with Crippen LogP contribution in [0.25, 0.3) is 11.3 Å². The van der Waals surface area contributed by atoms with Gasteiger partial charge in [-0.2, -0.15) is 10.2 Å². The molecule has 0 fully saturated rings. The van der Waals surface area contributed by atoms with Crippen LogP contribution in [0.2, 0.25) is 5.02 Å². The maximum atomic E-state index is 12.1. The molecule has 0 aliphatic heterocycles. The lowest BCUT2D eigenvalue weighted by atomic mass is 10.1. The van der Waals surface area contributed by atoms with Crippen LogP contribution in [0.15, 0.2) is 53.6 Å². The van der Waals surface area contributed by atoms with E-state index in [0.29, 0.717) is 16.3 Å². The number of H-pyrrole nitrogens is 1. The molecule has 0 saturated carbocycles. The molecule has 0 aliphatic rings. The molecule has 132 valence electrons. The molecule has 3 N–H and O–H groups in total. The monoisotopic (exact) mass is 370 g/mol. The highest BCUT2D eigenvalue weighted by molar-refractivity contribution is 6.31. The number of methoxy groups -OCH3 is 1. The smallest absolute Gasteiger partial charge is 0.289 e. The summed E-state index contributed by atoms with van der Waals surface area (Å²) in [7, 11) is 1.41. The van der Waals surface area contributed by atoms with Crippen molar-refractivity contribution in [3.63, 3.8) is 0 Å². The highest BCUT2D eigenvalue weighted by Gasteiger charge is 2.11. The lowest BCUT2D eigenvalue weighted by Gasteiger charge is -2.06. The maximum Gasteiger partial charge on any atom is 0.289 e. The van der Waals surface area contributed by atoms with Crippen LogP contribution in [0, 0.1) is 0 Å². The van der Waals surface area contributed by atoms with Crippen LogP contribution >= 0.6 is 11.6 Å². The lowest BCUT2D eigenvalue weighted by Crippen LogP contribution is -2.18. The number of hydrazone groups is 1. The van der Waals surface area contributed by atoms with Crippen molar-refractivity contribution in [1.29, 1.82) is 0 Å². The Kier molecular flexibility index (Phi) is 5.19. The number of nitrogens with zero attached hydrogens (tertiary/aromatic N) is 2. The van der Waals surface area contributed by atoms with E-state index in [9.17, 15) is 9.90 Å². The van der Waals surface area contributed by atoms with Gasteiger partial charge in [-0.05, 0) is 12.1 Å². The average molecular weight is 371 g/mol. The molecular formula is C18H15ClN4O3.